The molecule has 136 valence electrons. The number of furan rings is 1. The summed E-state index contributed by atoms with van der Waals surface area (Å²) in [4.78, 5) is 13.4. The number of ether oxygens (including phenoxy) is 2. The molecule has 26 heavy (non-hydrogen) atoms. The number of aryl methyl sites for hydroxylation is 1. The molecule has 0 bridgehead atoms. The summed E-state index contributed by atoms with van der Waals surface area (Å²) in [5.74, 6) is 1.23. The molecule has 0 radical (unpaired) electrons. The van der Waals surface area contributed by atoms with Crippen LogP contribution in [0.5, 0.6) is 5.75 Å². The number of methoxy groups -OCH3 is 2. The van der Waals surface area contributed by atoms with Gasteiger partial charge in [-0.05, 0) is 54.4 Å². The summed E-state index contributed by atoms with van der Waals surface area (Å²) in [5, 5.41) is 0.955. The average Bonchev–Trinajstić information content (AvgIpc) is 3.09. The molecule has 2 aromatic carbocycles. The largest absolute Gasteiger partial charge is 0.493 e. The molecule has 3 aromatic rings. The highest BCUT2D eigenvalue weighted by Gasteiger charge is 2.13. The lowest BCUT2D eigenvalue weighted by Gasteiger charge is -2.12. The summed E-state index contributed by atoms with van der Waals surface area (Å²) in [6, 6.07) is 14.1. The van der Waals surface area contributed by atoms with Crippen LogP contribution in [0.4, 0.5) is 5.69 Å². The van der Waals surface area contributed by atoms with Crippen LogP contribution in [-0.2, 0) is 16.0 Å². The molecule has 0 aliphatic rings. The average molecular weight is 353 g/mol. The fourth-order valence-corrected chi connectivity index (χ4v) is 2.89. The van der Waals surface area contributed by atoms with Gasteiger partial charge >= 0.3 is 5.97 Å². The molecule has 0 aliphatic carbocycles. The first-order valence-electron chi connectivity index (χ1n) is 8.47. The van der Waals surface area contributed by atoms with E-state index in [4.69, 9.17) is 13.9 Å². The lowest BCUT2D eigenvalue weighted by molar-refractivity contribution is -0.140. The molecule has 0 saturated heterocycles. The second-order valence-corrected chi connectivity index (χ2v) is 6.34. The summed E-state index contributed by atoms with van der Waals surface area (Å²) in [6.07, 6.45) is 0.929. The molecule has 0 atom stereocenters. The quantitative estimate of drug-likeness (QED) is 0.619. The van der Waals surface area contributed by atoms with E-state index in [1.54, 1.807) is 7.11 Å². The Morgan fingerprint density at radius 1 is 1.08 bits per heavy atom. The van der Waals surface area contributed by atoms with Crippen molar-refractivity contribution in [2.24, 2.45) is 0 Å². The number of anilines is 1. The third kappa shape index (κ3) is 3.67. The van der Waals surface area contributed by atoms with Crippen molar-refractivity contribution < 1.29 is 18.7 Å². The molecular formula is C21H23NO4. The standard InChI is InChI=1S/C21H23NO4/c1-22(2)17-8-6-15(7-9-17)18-13-16-11-14(5-10-20(23)25-4)12-19(24-3)21(16)26-18/h6-9,11-13H,5,10H2,1-4H3. The summed E-state index contributed by atoms with van der Waals surface area (Å²) < 4.78 is 16.2. The van der Waals surface area contributed by atoms with E-state index in [2.05, 4.69) is 17.0 Å². The Hall–Kier alpha value is -2.95. The van der Waals surface area contributed by atoms with Crippen LogP contribution in [0.15, 0.2) is 46.9 Å². The van der Waals surface area contributed by atoms with Crippen molar-refractivity contribution in [3.8, 4) is 17.1 Å². The Labute approximate surface area is 153 Å². The normalized spacial score (nSPS) is 10.8. The van der Waals surface area contributed by atoms with Crippen LogP contribution >= 0.6 is 0 Å². The number of carbonyl (C=O) groups is 1. The van der Waals surface area contributed by atoms with Crippen LogP contribution in [0.2, 0.25) is 0 Å². The van der Waals surface area contributed by atoms with Gasteiger partial charge in [-0.2, -0.15) is 0 Å². The maximum absolute atomic E-state index is 11.4. The monoisotopic (exact) mass is 353 g/mol. The van der Waals surface area contributed by atoms with Gasteiger partial charge in [0, 0.05) is 37.2 Å². The van der Waals surface area contributed by atoms with E-state index in [9.17, 15) is 4.79 Å². The molecule has 1 aromatic heterocycles. The van der Waals surface area contributed by atoms with Crippen LogP contribution in [-0.4, -0.2) is 34.3 Å². The van der Waals surface area contributed by atoms with Gasteiger partial charge in [0.1, 0.15) is 5.76 Å². The fourth-order valence-electron chi connectivity index (χ4n) is 2.89. The van der Waals surface area contributed by atoms with Crippen molar-refractivity contribution in [1.29, 1.82) is 0 Å². The molecular weight excluding hydrogens is 330 g/mol. The Kier molecular flexibility index (Phi) is 5.16. The number of carbonyl (C=O) groups excluding carboxylic acids is 1. The number of hydrogen-bond donors (Lipinski definition) is 0. The summed E-state index contributed by atoms with van der Waals surface area (Å²) in [7, 11) is 7.04. The lowest BCUT2D eigenvalue weighted by atomic mass is 10.1. The highest BCUT2D eigenvalue weighted by Crippen LogP contribution is 2.35. The topological polar surface area (TPSA) is 51.9 Å². The Morgan fingerprint density at radius 3 is 2.42 bits per heavy atom. The second kappa shape index (κ2) is 7.52. The van der Waals surface area contributed by atoms with Gasteiger partial charge in [-0.3, -0.25) is 4.79 Å². The van der Waals surface area contributed by atoms with E-state index in [0.717, 1.165) is 28.0 Å². The number of nitrogens with zero attached hydrogens (tertiary/aromatic N) is 1. The van der Waals surface area contributed by atoms with Gasteiger partial charge < -0.3 is 18.8 Å². The lowest BCUT2D eigenvalue weighted by Crippen LogP contribution is -2.07. The first-order chi connectivity index (χ1) is 12.5. The third-order valence-corrected chi connectivity index (χ3v) is 4.38. The van der Waals surface area contributed by atoms with Crippen molar-refractivity contribution in [1.82, 2.24) is 0 Å². The Morgan fingerprint density at radius 2 is 1.81 bits per heavy atom. The number of rotatable bonds is 6. The van der Waals surface area contributed by atoms with E-state index in [1.807, 2.05) is 44.4 Å². The number of fused-ring (bicyclic) bond motifs is 1. The zero-order valence-electron chi connectivity index (χ0n) is 15.5. The fraction of sp³-hybridized carbons (Fsp3) is 0.286. The zero-order chi connectivity index (χ0) is 18.7. The van der Waals surface area contributed by atoms with Gasteiger partial charge in [0.2, 0.25) is 0 Å². The number of hydrogen-bond acceptors (Lipinski definition) is 5. The smallest absolute Gasteiger partial charge is 0.305 e. The van der Waals surface area contributed by atoms with E-state index < -0.39 is 0 Å². The van der Waals surface area contributed by atoms with Crippen LogP contribution < -0.4 is 9.64 Å². The minimum atomic E-state index is -0.224. The molecule has 0 spiro atoms. The SMILES string of the molecule is COC(=O)CCc1cc(OC)c2oc(-c3ccc(N(C)C)cc3)cc2c1. The van der Waals surface area contributed by atoms with Gasteiger partial charge in [-0.1, -0.05) is 0 Å². The first-order valence-corrected chi connectivity index (χ1v) is 8.47. The van der Waals surface area contributed by atoms with Crippen molar-refractivity contribution in [3.63, 3.8) is 0 Å². The minimum Gasteiger partial charge on any atom is -0.493 e. The molecule has 0 unspecified atom stereocenters. The second-order valence-electron chi connectivity index (χ2n) is 6.34. The van der Waals surface area contributed by atoms with Gasteiger partial charge in [-0.15, -0.1) is 0 Å². The zero-order valence-corrected chi connectivity index (χ0v) is 15.5. The van der Waals surface area contributed by atoms with Gasteiger partial charge in [0.05, 0.1) is 14.2 Å². The molecule has 0 saturated carbocycles. The van der Waals surface area contributed by atoms with Crippen LogP contribution in [0.1, 0.15) is 12.0 Å². The highest BCUT2D eigenvalue weighted by atomic mass is 16.5. The van der Waals surface area contributed by atoms with Crippen LogP contribution in [0, 0.1) is 0 Å². The molecule has 5 heteroatoms. The van der Waals surface area contributed by atoms with E-state index in [0.29, 0.717) is 24.2 Å². The summed E-state index contributed by atoms with van der Waals surface area (Å²) in [5.41, 5.74) is 3.86. The Bertz CT molecular complexity index is 910. The first kappa shape index (κ1) is 17.9. The maximum atomic E-state index is 11.4. The maximum Gasteiger partial charge on any atom is 0.305 e. The minimum absolute atomic E-state index is 0.224. The molecule has 0 fully saturated rings. The van der Waals surface area contributed by atoms with E-state index >= 15 is 0 Å². The molecule has 0 N–H and O–H groups in total. The van der Waals surface area contributed by atoms with Crippen molar-refractivity contribution in [2.45, 2.75) is 12.8 Å². The number of benzene rings is 2. The molecule has 3 rings (SSSR count). The van der Waals surface area contributed by atoms with E-state index in [1.165, 1.54) is 7.11 Å². The van der Waals surface area contributed by atoms with Crippen LogP contribution in [0.3, 0.4) is 0 Å². The predicted molar refractivity (Wildman–Crippen MR) is 103 cm³/mol. The highest BCUT2D eigenvalue weighted by molar-refractivity contribution is 5.88. The molecule has 0 aliphatic heterocycles. The van der Waals surface area contributed by atoms with Gasteiger partial charge in [0.15, 0.2) is 11.3 Å². The van der Waals surface area contributed by atoms with E-state index in [-0.39, 0.29) is 5.97 Å². The molecule has 5 nitrogen and oxygen atoms in total. The predicted octanol–water partition coefficient (Wildman–Crippen LogP) is 4.28. The third-order valence-electron chi connectivity index (χ3n) is 4.38. The van der Waals surface area contributed by atoms with Gasteiger partial charge in [0.25, 0.3) is 0 Å². The van der Waals surface area contributed by atoms with Crippen molar-refractivity contribution in [2.75, 3.05) is 33.2 Å². The van der Waals surface area contributed by atoms with Crippen molar-refractivity contribution >= 4 is 22.6 Å². The van der Waals surface area contributed by atoms with Crippen LogP contribution in [0.25, 0.3) is 22.3 Å². The van der Waals surface area contributed by atoms with Crippen molar-refractivity contribution in [3.05, 3.63) is 48.0 Å². The molecule has 0 amide bonds. The molecule has 1 heterocycles. The van der Waals surface area contributed by atoms with Gasteiger partial charge in [-0.25, -0.2) is 0 Å². The number of esters is 1. The summed E-state index contributed by atoms with van der Waals surface area (Å²) in [6.45, 7) is 0. The Balaban J connectivity index is 1.95. The summed E-state index contributed by atoms with van der Waals surface area (Å²) >= 11 is 0.